The highest BCUT2D eigenvalue weighted by Crippen LogP contribution is 2.38. The van der Waals surface area contributed by atoms with E-state index in [2.05, 4.69) is 59.7 Å². The molecule has 36 heavy (non-hydrogen) atoms. The van der Waals surface area contributed by atoms with Crippen LogP contribution in [0.25, 0.3) is 17.2 Å². The molecule has 2 heterocycles. The third kappa shape index (κ3) is 7.25. The Morgan fingerprint density at radius 1 is 0.806 bits per heavy atom. The van der Waals surface area contributed by atoms with Gasteiger partial charge in [0.15, 0.2) is 12.3 Å². The number of rotatable bonds is 13. The summed E-state index contributed by atoms with van der Waals surface area (Å²) in [4.78, 5) is 2.29. The van der Waals surface area contributed by atoms with E-state index in [0.717, 1.165) is 60.2 Å². The first-order chi connectivity index (χ1) is 17.3. The number of oxazole rings is 1. The Morgan fingerprint density at radius 3 is 2.39 bits per heavy atom. The number of nitrogens with zero attached hydrogens (tertiary/aromatic N) is 2. The summed E-state index contributed by atoms with van der Waals surface area (Å²) >= 11 is 0. The molecule has 1 aliphatic heterocycles. The Kier molecular flexibility index (Phi) is 11.6. The molecule has 0 bridgehead atoms. The highest BCUT2D eigenvalue weighted by molar-refractivity contribution is 5.69. The minimum absolute atomic E-state index is 0. The number of allylic oxidation sites excluding steroid dienone is 4. The van der Waals surface area contributed by atoms with E-state index < -0.39 is 0 Å². The molecule has 0 N–H and O–H groups in total. The molecule has 2 aromatic carbocycles. The molecule has 0 amide bonds. The van der Waals surface area contributed by atoms with Gasteiger partial charge in [-0.05, 0) is 37.1 Å². The molecule has 1 aliphatic rings. The largest absolute Gasteiger partial charge is 1.00 e. The molecule has 4 rings (SSSR count). The Balaban J connectivity index is 0.00000361. The molecule has 5 heteroatoms. The topological polar surface area (TPSA) is 29.5 Å². The van der Waals surface area contributed by atoms with Gasteiger partial charge in [0, 0.05) is 19.0 Å². The molecule has 1 aromatic heterocycles. The fourth-order valence-corrected chi connectivity index (χ4v) is 4.55. The number of fused-ring (bicyclic) bond motifs is 2. The minimum atomic E-state index is 0. The maximum Gasteiger partial charge on any atom is 0.374 e. The molecule has 0 atom stereocenters. The summed E-state index contributed by atoms with van der Waals surface area (Å²) in [6.07, 6.45) is 20.1. The molecular weight excluding hydrogens is 559 g/mol. The first-order valence-corrected chi connectivity index (χ1v) is 13.3. The predicted octanol–water partition coefficient (Wildman–Crippen LogP) is 5.19. The Labute approximate surface area is 233 Å². The van der Waals surface area contributed by atoms with Gasteiger partial charge in [-0.25, -0.2) is 0 Å². The van der Waals surface area contributed by atoms with Crippen molar-refractivity contribution in [1.29, 1.82) is 0 Å². The monoisotopic (exact) mass is 598 g/mol. The number of benzene rings is 2. The van der Waals surface area contributed by atoms with Gasteiger partial charge in [-0.1, -0.05) is 88.4 Å². The van der Waals surface area contributed by atoms with Crippen LogP contribution in [0.15, 0.2) is 83.1 Å². The van der Waals surface area contributed by atoms with Gasteiger partial charge in [0.25, 0.3) is 5.52 Å². The molecular formula is C31H39IN2O2. The van der Waals surface area contributed by atoms with Crippen LogP contribution in [0.3, 0.4) is 0 Å². The lowest BCUT2D eigenvalue weighted by molar-refractivity contribution is -0.678. The van der Waals surface area contributed by atoms with Crippen molar-refractivity contribution in [2.45, 2.75) is 71.8 Å². The van der Waals surface area contributed by atoms with Gasteiger partial charge in [0.05, 0.1) is 11.8 Å². The minimum Gasteiger partial charge on any atom is -1.00 e. The summed E-state index contributed by atoms with van der Waals surface area (Å²) in [7, 11) is 0. The summed E-state index contributed by atoms with van der Waals surface area (Å²) in [5.41, 5.74) is 3.25. The van der Waals surface area contributed by atoms with Gasteiger partial charge in [-0.3, -0.25) is 0 Å². The van der Waals surface area contributed by atoms with Crippen molar-refractivity contribution in [1.82, 2.24) is 0 Å². The summed E-state index contributed by atoms with van der Waals surface area (Å²) < 4.78 is 14.6. The van der Waals surface area contributed by atoms with Crippen LogP contribution in [0.2, 0.25) is 0 Å². The molecule has 0 fully saturated rings. The lowest BCUT2D eigenvalue weighted by Crippen LogP contribution is -3.00. The smallest absolute Gasteiger partial charge is 0.374 e. The number of para-hydroxylation sites is 4. The Morgan fingerprint density at radius 2 is 1.56 bits per heavy atom. The van der Waals surface area contributed by atoms with Crippen LogP contribution in [0, 0.1) is 0 Å². The predicted molar refractivity (Wildman–Crippen MR) is 145 cm³/mol. The number of hydrogen-bond acceptors (Lipinski definition) is 3. The summed E-state index contributed by atoms with van der Waals surface area (Å²) in [5.74, 6) is 2.72. The van der Waals surface area contributed by atoms with E-state index in [1.807, 2.05) is 42.5 Å². The third-order valence-electron chi connectivity index (χ3n) is 6.44. The average Bonchev–Trinajstić information content (AvgIpc) is 3.42. The molecule has 0 unspecified atom stereocenters. The Bertz CT molecular complexity index is 1180. The van der Waals surface area contributed by atoms with E-state index in [1.165, 1.54) is 38.5 Å². The van der Waals surface area contributed by atoms with Crippen LogP contribution < -0.4 is 38.2 Å². The molecule has 0 spiro atoms. The van der Waals surface area contributed by atoms with Gasteiger partial charge < -0.3 is 38.0 Å². The standard InChI is InChI=1S/C31H39N2O2.HI/c1-3-5-7-16-24-32-26-18-12-14-20-28(26)34-30(32)22-10-9-11-23-31-33(25-17-8-6-4-2)27-19-13-15-21-29(27)35-31;/h9-15,18-23H,3-8,16-17,24-25H2,1-2H3;1H/q+1;/p-1. The average molecular weight is 599 g/mol. The van der Waals surface area contributed by atoms with E-state index in [-0.39, 0.29) is 24.0 Å². The van der Waals surface area contributed by atoms with Crippen molar-refractivity contribution in [3.05, 3.63) is 84.6 Å². The highest BCUT2D eigenvalue weighted by atomic mass is 127. The second-order valence-corrected chi connectivity index (χ2v) is 9.15. The van der Waals surface area contributed by atoms with E-state index in [4.69, 9.17) is 9.15 Å². The number of anilines is 1. The van der Waals surface area contributed by atoms with E-state index in [0.29, 0.717) is 0 Å². The molecule has 192 valence electrons. The zero-order chi connectivity index (χ0) is 24.3. The van der Waals surface area contributed by atoms with Crippen molar-refractivity contribution < 1.29 is 37.7 Å². The summed E-state index contributed by atoms with van der Waals surface area (Å²) in [6, 6.07) is 16.6. The van der Waals surface area contributed by atoms with Crippen molar-refractivity contribution in [2.75, 3.05) is 11.4 Å². The quantitative estimate of drug-likeness (QED) is 0.117. The van der Waals surface area contributed by atoms with Crippen molar-refractivity contribution in [2.24, 2.45) is 0 Å². The second-order valence-electron chi connectivity index (χ2n) is 9.15. The van der Waals surface area contributed by atoms with Gasteiger partial charge >= 0.3 is 5.89 Å². The lowest BCUT2D eigenvalue weighted by atomic mass is 10.2. The zero-order valence-electron chi connectivity index (χ0n) is 21.7. The third-order valence-corrected chi connectivity index (χ3v) is 6.44. The first-order valence-electron chi connectivity index (χ1n) is 13.3. The van der Waals surface area contributed by atoms with Gasteiger partial charge in [0.2, 0.25) is 11.5 Å². The number of unbranched alkanes of at least 4 members (excludes halogenated alkanes) is 6. The SMILES string of the molecule is CCCCCCN1C(=CC=CC=Cc2oc3ccccc3[n+]2CCCCCC)Oc2ccccc21.[I-]. The number of halogens is 1. The maximum absolute atomic E-state index is 6.15. The van der Waals surface area contributed by atoms with Crippen molar-refractivity contribution in [3.8, 4) is 5.75 Å². The molecule has 0 saturated heterocycles. The number of aromatic nitrogens is 1. The number of aryl methyl sites for hydroxylation is 1. The highest BCUT2D eigenvalue weighted by Gasteiger charge is 2.24. The zero-order valence-corrected chi connectivity index (χ0v) is 23.8. The van der Waals surface area contributed by atoms with Crippen LogP contribution in [-0.4, -0.2) is 6.54 Å². The molecule has 0 aliphatic carbocycles. The van der Waals surface area contributed by atoms with Crippen LogP contribution in [0.1, 0.15) is 71.1 Å². The number of hydrogen-bond donors (Lipinski definition) is 0. The fourth-order valence-electron chi connectivity index (χ4n) is 4.55. The van der Waals surface area contributed by atoms with Crippen LogP contribution in [0.5, 0.6) is 5.75 Å². The first kappa shape index (κ1) is 28.0. The van der Waals surface area contributed by atoms with Crippen LogP contribution >= 0.6 is 0 Å². The Hall–Kier alpha value is -2.54. The van der Waals surface area contributed by atoms with E-state index in [9.17, 15) is 0 Å². The van der Waals surface area contributed by atoms with Gasteiger partial charge in [-0.15, -0.1) is 0 Å². The normalized spacial score (nSPS) is 14.2. The fraction of sp³-hybridized carbons (Fsp3) is 0.387. The van der Waals surface area contributed by atoms with E-state index >= 15 is 0 Å². The lowest BCUT2D eigenvalue weighted by Gasteiger charge is -2.17. The number of ether oxygens (including phenoxy) is 1. The second kappa shape index (κ2) is 14.9. The molecule has 3 aromatic rings. The van der Waals surface area contributed by atoms with Gasteiger partial charge in [-0.2, -0.15) is 4.57 Å². The summed E-state index contributed by atoms with van der Waals surface area (Å²) in [5, 5.41) is 0. The molecule has 4 nitrogen and oxygen atoms in total. The van der Waals surface area contributed by atoms with Crippen molar-refractivity contribution in [3.63, 3.8) is 0 Å². The van der Waals surface area contributed by atoms with E-state index in [1.54, 1.807) is 0 Å². The maximum atomic E-state index is 6.15. The molecule has 0 saturated carbocycles. The van der Waals surface area contributed by atoms with Gasteiger partial charge in [0.1, 0.15) is 0 Å². The van der Waals surface area contributed by atoms with Crippen LogP contribution in [-0.2, 0) is 6.54 Å². The van der Waals surface area contributed by atoms with Crippen molar-refractivity contribution >= 4 is 22.9 Å². The van der Waals surface area contributed by atoms with Crippen LogP contribution in [0.4, 0.5) is 5.69 Å². The molecule has 0 radical (unpaired) electrons. The summed E-state index contributed by atoms with van der Waals surface area (Å²) in [6.45, 7) is 6.45.